The molecule has 1 N–H and O–H groups in total. The maximum atomic E-state index is 13.5. The van der Waals surface area contributed by atoms with Gasteiger partial charge in [0.1, 0.15) is 5.82 Å². The van der Waals surface area contributed by atoms with Gasteiger partial charge in [0.2, 0.25) is 0 Å². The quantitative estimate of drug-likeness (QED) is 0.651. The second kappa shape index (κ2) is 8.14. The van der Waals surface area contributed by atoms with Crippen LogP contribution >= 0.6 is 11.6 Å². The molecular weight excluding hydrogens is 323 g/mol. The molecule has 5 nitrogen and oxygen atoms in total. The summed E-state index contributed by atoms with van der Waals surface area (Å²) in [7, 11) is 1.50. The molecule has 0 aliphatic heterocycles. The van der Waals surface area contributed by atoms with Gasteiger partial charge in [0, 0.05) is 5.56 Å². The van der Waals surface area contributed by atoms with Crippen molar-refractivity contribution in [3.63, 3.8) is 0 Å². The molecule has 2 rings (SSSR count). The van der Waals surface area contributed by atoms with Gasteiger partial charge in [-0.2, -0.15) is 5.10 Å². The smallest absolute Gasteiger partial charge is 0.277 e. The van der Waals surface area contributed by atoms with Gasteiger partial charge in [-0.05, 0) is 24.3 Å². The number of carbonyl (C=O) groups is 1. The fourth-order valence-corrected chi connectivity index (χ4v) is 1.93. The van der Waals surface area contributed by atoms with Crippen molar-refractivity contribution in [3.8, 4) is 11.5 Å². The number of hydrazone groups is 1. The van der Waals surface area contributed by atoms with Gasteiger partial charge in [0.15, 0.2) is 18.1 Å². The Morgan fingerprint density at radius 3 is 2.70 bits per heavy atom. The Hall–Kier alpha value is -2.60. The molecule has 0 aromatic heterocycles. The van der Waals surface area contributed by atoms with Gasteiger partial charge in [-0.15, -0.1) is 0 Å². The highest BCUT2D eigenvalue weighted by Crippen LogP contribution is 2.25. The average molecular weight is 337 g/mol. The molecule has 0 unspecified atom stereocenters. The van der Waals surface area contributed by atoms with E-state index in [0.29, 0.717) is 11.5 Å². The van der Waals surface area contributed by atoms with E-state index in [-0.39, 0.29) is 17.2 Å². The number of hydrogen-bond donors (Lipinski definition) is 1. The highest BCUT2D eigenvalue weighted by atomic mass is 35.5. The second-order valence-corrected chi connectivity index (χ2v) is 4.78. The minimum Gasteiger partial charge on any atom is -0.493 e. The highest BCUT2D eigenvalue weighted by molar-refractivity contribution is 6.33. The number of nitrogens with zero attached hydrogens (tertiary/aromatic N) is 1. The van der Waals surface area contributed by atoms with Crippen LogP contribution in [0.25, 0.3) is 0 Å². The topological polar surface area (TPSA) is 59.9 Å². The Labute approximate surface area is 137 Å². The minimum atomic E-state index is -0.527. The number of amides is 1. The summed E-state index contributed by atoms with van der Waals surface area (Å²) in [6, 6.07) is 11.2. The lowest BCUT2D eigenvalue weighted by Gasteiger charge is -2.09. The molecule has 0 fully saturated rings. The normalized spacial score (nSPS) is 10.6. The number of benzene rings is 2. The zero-order valence-corrected chi connectivity index (χ0v) is 13.0. The lowest BCUT2D eigenvalue weighted by molar-refractivity contribution is -0.123. The van der Waals surface area contributed by atoms with E-state index in [1.165, 1.54) is 25.3 Å². The van der Waals surface area contributed by atoms with Crippen LogP contribution in [0.1, 0.15) is 5.56 Å². The first-order valence-electron chi connectivity index (χ1n) is 6.63. The Balaban J connectivity index is 1.89. The SMILES string of the molecule is COc1ccccc1OCC(=O)N/N=C/c1c(F)cccc1Cl. The Morgan fingerprint density at radius 1 is 1.26 bits per heavy atom. The number of ether oxygens (including phenoxy) is 2. The van der Waals surface area contributed by atoms with E-state index in [2.05, 4.69) is 10.5 Å². The molecule has 0 saturated carbocycles. The van der Waals surface area contributed by atoms with Gasteiger partial charge in [-0.3, -0.25) is 4.79 Å². The Bertz CT molecular complexity index is 702. The molecular formula is C16H14ClFN2O3. The summed E-state index contributed by atoms with van der Waals surface area (Å²) < 4.78 is 23.9. The van der Waals surface area contributed by atoms with Gasteiger partial charge in [0.05, 0.1) is 18.3 Å². The molecule has 1 amide bonds. The van der Waals surface area contributed by atoms with Crippen LogP contribution in [0.5, 0.6) is 11.5 Å². The maximum Gasteiger partial charge on any atom is 0.277 e. The first-order chi connectivity index (χ1) is 11.1. The van der Waals surface area contributed by atoms with Crippen molar-refractivity contribution in [2.75, 3.05) is 13.7 Å². The molecule has 0 radical (unpaired) electrons. The fourth-order valence-electron chi connectivity index (χ4n) is 1.72. The fraction of sp³-hybridized carbons (Fsp3) is 0.125. The molecule has 0 bridgehead atoms. The van der Waals surface area contributed by atoms with E-state index in [1.807, 2.05) is 0 Å². The number of carbonyl (C=O) groups excluding carboxylic acids is 1. The highest BCUT2D eigenvalue weighted by Gasteiger charge is 2.07. The molecule has 0 aliphatic rings. The van der Waals surface area contributed by atoms with Gasteiger partial charge in [0.25, 0.3) is 5.91 Å². The second-order valence-electron chi connectivity index (χ2n) is 4.37. The van der Waals surface area contributed by atoms with Crippen molar-refractivity contribution < 1.29 is 18.7 Å². The summed E-state index contributed by atoms with van der Waals surface area (Å²) in [5.41, 5.74) is 2.33. The van der Waals surface area contributed by atoms with E-state index in [9.17, 15) is 9.18 Å². The molecule has 0 atom stereocenters. The number of rotatable bonds is 6. The molecule has 7 heteroatoms. The third kappa shape index (κ3) is 4.69. The molecule has 0 heterocycles. The summed E-state index contributed by atoms with van der Waals surface area (Å²) >= 11 is 5.84. The Morgan fingerprint density at radius 2 is 2.00 bits per heavy atom. The van der Waals surface area contributed by atoms with E-state index in [0.717, 1.165) is 6.21 Å². The first-order valence-corrected chi connectivity index (χ1v) is 7.01. The summed E-state index contributed by atoms with van der Waals surface area (Å²) in [6.45, 7) is -0.261. The van der Waals surface area contributed by atoms with Crippen molar-refractivity contribution in [1.82, 2.24) is 5.43 Å². The van der Waals surface area contributed by atoms with E-state index < -0.39 is 11.7 Å². The number of nitrogens with one attached hydrogen (secondary N) is 1. The summed E-state index contributed by atoms with van der Waals surface area (Å²) in [5, 5.41) is 3.86. The van der Waals surface area contributed by atoms with Crippen LogP contribution in [0.15, 0.2) is 47.6 Å². The number of methoxy groups -OCH3 is 1. The van der Waals surface area contributed by atoms with Gasteiger partial charge >= 0.3 is 0 Å². The third-order valence-corrected chi connectivity index (χ3v) is 3.14. The van der Waals surface area contributed by atoms with Crippen LogP contribution in [-0.2, 0) is 4.79 Å². The predicted molar refractivity (Wildman–Crippen MR) is 85.6 cm³/mol. The summed E-state index contributed by atoms with van der Waals surface area (Å²) in [6.07, 6.45) is 1.14. The zero-order valence-electron chi connectivity index (χ0n) is 12.3. The molecule has 2 aromatic rings. The van der Waals surface area contributed by atoms with Crippen LogP contribution in [0.4, 0.5) is 4.39 Å². The van der Waals surface area contributed by atoms with Crippen molar-refractivity contribution >= 4 is 23.7 Å². The van der Waals surface area contributed by atoms with Crippen molar-refractivity contribution in [1.29, 1.82) is 0 Å². The van der Waals surface area contributed by atoms with Gasteiger partial charge in [-0.25, -0.2) is 9.82 Å². The standard InChI is InChI=1S/C16H14ClFN2O3/c1-22-14-7-2-3-8-15(14)23-10-16(21)20-19-9-11-12(17)5-4-6-13(11)18/h2-9H,10H2,1H3,(H,20,21)/b19-9+. The maximum absolute atomic E-state index is 13.5. The summed E-state index contributed by atoms with van der Waals surface area (Å²) in [5.74, 6) is -0.0754. The van der Waals surface area contributed by atoms with Gasteiger partial charge in [-0.1, -0.05) is 29.8 Å². The van der Waals surface area contributed by atoms with Crippen molar-refractivity contribution in [2.45, 2.75) is 0 Å². The lowest BCUT2D eigenvalue weighted by atomic mass is 10.2. The Kier molecular flexibility index (Phi) is 5.94. The van der Waals surface area contributed by atoms with E-state index >= 15 is 0 Å². The van der Waals surface area contributed by atoms with Crippen LogP contribution < -0.4 is 14.9 Å². The zero-order chi connectivity index (χ0) is 16.7. The van der Waals surface area contributed by atoms with Crippen LogP contribution in [-0.4, -0.2) is 25.8 Å². The van der Waals surface area contributed by atoms with Crippen LogP contribution in [0.2, 0.25) is 5.02 Å². The first kappa shape index (κ1) is 16.8. The molecule has 0 aliphatic carbocycles. The lowest BCUT2D eigenvalue weighted by Crippen LogP contribution is -2.24. The number of halogens is 2. The third-order valence-electron chi connectivity index (χ3n) is 2.81. The summed E-state index contributed by atoms with van der Waals surface area (Å²) in [4.78, 5) is 11.7. The molecule has 0 saturated heterocycles. The average Bonchev–Trinajstić information content (AvgIpc) is 2.56. The van der Waals surface area contributed by atoms with E-state index in [4.69, 9.17) is 21.1 Å². The number of hydrogen-bond acceptors (Lipinski definition) is 4. The molecule has 120 valence electrons. The van der Waals surface area contributed by atoms with Crippen molar-refractivity contribution in [2.24, 2.45) is 5.10 Å². The van der Waals surface area contributed by atoms with Crippen LogP contribution in [0.3, 0.4) is 0 Å². The molecule has 23 heavy (non-hydrogen) atoms. The van der Waals surface area contributed by atoms with E-state index in [1.54, 1.807) is 24.3 Å². The largest absolute Gasteiger partial charge is 0.493 e. The molecule has 2 aromatic carbocycles. The minimum absolute atomic E-state index is 0.0973. The predicted octanol–water partition coefficient (Wildman–Crippen LogP) is 3.02. The van der Waals surface area contributed by atoms with Crippen LogP contribution in [0, 0.1) is 5.82 Å². The van der Waals surface area contributed by atoms with Gasteiger partial charge < -0.3 is 9.47 Å². The van der Waals surface area contributed by atoms with Crippen molar-refractivity contribution in [3.05, 3.63) is 58.9 Å². The number of para-hydroxylation sites is 2. The monoisotopic (exact) mass is 336 g/mol. The molecule has 0 spiro atoms.